The molecule has 114 valence electrons. The molecule has 0 aliphatic rings. The van der Waals surface area contributed by atoms with E-state index in [0.717, 1.165) is 24.9 Å². The van der Waals surface area contributed by atoms with Gasteiger partial charge in [0.1, 0.15) is 23.8 Å². The molecule has 0 bridgehead atoms. The molecule has 0 spiro atoms. The standard InChI is InChI=1S/C15H20F2N4/c1-4-5-21-15(19-9-20-21)8-14(18-3)11-6-10(2)12(16)7-13(11)17/h6-7,9,14,18H,4-5,8H2,1-3H3. The lowest BCUT2D eigenvalue weighted by Gasteiger charge is -2.18. The van der Waals surface area contributed by atoms with Crippen molar-refractivity contribution >= 4 is 0 Å². The third kappa shape index (κ3) is 3.44. The maximum absolute atomic E-state index is 14.0. The van der Waals surface area contributed by atoms with Gasteiger partial charge < -0.3 is 5.32 Å². The van der Waals surface area contributed by atoms with E-state index < -0.39 is 11.6 Å². The Bertz CT molecular complexity index is 610. The number of nitrogens with one attached hydrogen (secondary N) is 1. The first-order valence-corrected chi connectivity index (χ1v) is 7.06. The van der Waals surface area contributed by atoms with Gasteiger partial charge in [0.25, 0.3) is 0 Å². The molecule has 1 unspecified atom stereocenters. The summed E-state index contributed by atoms with van der Waals surface area (Å²) in [6, 6.07) is 2.21. The molecule has 6 heteroatoms. The molecule has 0 saturated heterocycles. The van der Waals surface area contributed by atoms with E-state index in [2.05, 4.69) is 22.3 Å². The van der Waals surface area contributed by atoms with E-state index in [1.165, 1.54) is 6.33 Å². The molecule has 0 fully saturated rings. The van der Waals surface area contributed by atoms with Gasteiger partial charge >= 0.3 is 0 Å². The number of hydrogen-bond donors (Lipinski definition) is 1. The molecule has 1 N–H and O–H groups in total. The largest absolute Gasteiger partial charge is 0.313 e. The second-order valence-electron chi connectivity index (χ2n) is 5.07. The van der Waals surface area contributed by atoms with E-state index >= 15 is 0 Å². The predicted molar refractivity (Wildman–Crippen MR) is 76.9 cm³/mol. The fourth-order valence-corrected chi connectivity index (χ4v) is 2.34. The molecular formula is C15H20F2N4. The number of likely N-dealkylation sites (N-methyl/N-ethyl adjacent to an activating group) is 1. The summed E-state index contributed by atoms with van der Waals surface area (Å²) in [5.74, 6) is -0.281. The van der Waals surface area contributed by atoms with Gasteiger partial charge in [-0.1, -0.05) is 6.92 Å². The first kappa shape index (κ1) is 15.6. The summed E-state index contributed by atoms with van der Waals surface area (Å²) in [6.07, 6.45) is 2.95. The number of rotatable bonds is 6. The van der Waals surface area contributed by atoms with Crippen molar-refractivity contribution in [2.24, 2.45) is 0 Å². The normalized spacial score (nSPS) is 12.6. The molecule has 0 saturated carbocycles. The molecule has 1 aromatic heterocycles. The van der Waals surface area contributed by atoms with Gasteiger partial charge in [0.05, 0.1) is 0 Å². The Labute approximate surface area is 123 Å². The molecule has 2 aromatic rings. The summed E-state index contributed by atoms with van der Waals surface area (Å²) in [5.41, 5.74) is 0.879. The minimum absolute atomic E-state index is 0.274. The van der Waals surface area contributed by atoms with Crippen LogP contribution in [0, 0.1) is 18.6 Å². The zero-order chi connectivity index (χ0) is 15.4. The predicted octanol–water partition coefficient (Wildman–Crippen LogP) is 2.78. The van der Waals surface area contributed by atoms with Crippen LogP contribution in [0.25, 0.3) is 0 Å². The summed E-state index contributed by atoms with van der Waals surface area (Å²) >= 11 is 0. The van der Waals surface area contributed by atoms with Crippen molar-refractivity contribution in [1.82, 2.24) is 20.1 Å². The Kier molecular flexibility index (Phi) is 5.01. The third-order valence-corrected chi connectivity index (χ3v) is 3.52. The maximum Gasteiger partial charge on any atom is 0.138 e. The van der Waals surface area contributed by atoms with Crippen molar-refractivity contribution in [3.63, 3.8) is 0 Å². The highest BCUT2D eigenvalue weighted by Crippen LogP contribution is 2.23. The lowest BCUT2D eigenvalue weighted by molar-refractivity contribution is 0.490. The average molecular weight is 294 g/mol. The number of hydrogen-bond acceptors (Lipinski definition) is 3. The van der Waals surface area contributed by atoms with E-state index in [9.17, 15) is 8.78 Å². The molecule has 21 heavy (non-hydrogen) atoms. The van der Waals surface area contributed by atoms with Gasteiger partial charge in [-0.05, 0) is 32.0 Å². The van der Waals surface area contributed by atoms with Crippen molar-refractivity contribution in [2.75, 3.05) is 7.05 Å². The van der Waals surface area contributed by atoms with E-state index in [4.69, 9.17) is 0 Å². The summed E-state index contributed by atoms with van der Waals surface area (Å²) < 4.78 is 29.2. The zero-order valence-electron chi connectivity index (χ0n) is 12.5. The van der Waals surface area contributed by atoms with Crippen LogP contribution >= 0.6 is 0 Å². The monoisotopic (exact) mass is 294 g/mol. The lowest BCUT2D eigenvalue weighted by atomic mass is 10.0. The van der Waals surface area contributed by atoms with Gasteiger partial charge in [0.15, 0.2) is 0 Å². The molecule has 1 heterocycles. The Morgan fingerprint density at radius 1 is 1.29 bits per heavy atom. The molecule has 0 aliphatic carbocycles. The highest BCUT2D eigenvalue weighted by atomic mass is 19.1. The summed E-state index contributed by atoms with van der Waals surface area (Å²) in [4.78, 5) is 4.23. The van der Waals surface area contributed by atoms with Gasteiger partial charge in [-0.3, -0.25) is 4.68 Å². The fraction of sp³-hybridized carbons (Fsp3) is 0.467. The van der Waals surface area contributed by atoms with E-state index in [-0.39, 0.29) is 6.04 Å². The van der Waals surface area contributed by atoms with Gasteiger partial charge in [-0.15, -0.1) is 0 Å². The van der Waals surface area contributed by atoms with Crippen LogP contribution in [0.15, 0.2) is 18.5 Å². The molecule has 1 aromatic carbocycles. The minimum Gasteiger partial charge on any atom is -0.313 e. The van der Waals surface area contributed by atoms with Gasteiger partial charge in [-0.2, -0.15) is 5.10 Å². The second kappa shape index (κ2) is 6.76. The van der Waals surface area contributed by atoms with Crippen LogP contribution in [-0.2, 0) is 13.0 Å². The number of halogens is 2. The van der Waals surface area contributed by atoms with Crippen molar-refractivity contribution in [2.45, 2.75) is 39.3 Å². The number of benzene rings is 1. The summed E-state index contributed by atoms with van der Waals surface area (Å²) in [5, 5.41) is 7.23. The average Bonchev–Trinajstić information content (AvgIpc) is 2.88. The minimum atomic E-state index is -0.543. The highest BCUT2D eigenvalue weighted by Gasteiger charge is 2.19. The molecule has 0 amide bonds. The van der Waals surface area contributed by atoms with E-state index in [1.807, 2.05) is 4.68 Å². The van der Waals surface area contributed by atoms with Crippen LogP contribution in [0.2, 0.25) is 0 Å². The molecular weight excluding hydrogens is 274 g/mol. The topological polar surface area (TPSA) is 42.7 Å². The van der Waals surface area contributed by atoms with Gasteiger partial charge in [0.2, 0.25) is 0 Å². The highest BCUT2D eigenvalue weighted by molar-refractivity contribution is 5.28. The number of nitrogens with zero attached hydrogens (tertiary/aromatic N) is 3. The van der Waals surface area contributed by atoms with E-state index in [0.29, 0.717) is 17.5 Å². The molecule has 2 rings (SSSR count). The summed E-state index contributed by atoms with van der Waals surface area (Å²) in [6.45, 7) is 4.46. The van der Waals surface area contributed by atoms with Crippen molar-refractivity contribution in [3.8, 4) is 0 Å². The first-order valence-electron chi connectivity index (χ1n) is 7.06. The van der Waals surface area contributed by atoms with Crippen LogP contribution in [-0.4, -0.2) is 21.8 Å². The molecule has 0 radical (unpaired) electrons. The van der Waals surface area contributed by atoms with Crippen molar-refractivity contribution in [1.29, 1.82) is 0 Å². The number of aryl methyl sites for hydroxylation is 2. The molecule has 0 aliphatic heterocycles. The smallest absolute Gasteiger partial charge is 0.138 e. The Balaban J connectivity index is 2.28. The SMILES string of the molecule is CCCn1ncnc1CC(NC)c1cc(C)c(F)cc1F. The first-order chi connectivity index (χ1) is 10.1. The summed E-state index contributed by atoms with van der Waals surface area (Å²) in [7, 11) is 1.75. The van der Waals surface area contributed by atoms with Crippen LogP contribution < -0.4 is 5.32 Å². The zero-order valence-corrected chi connectivity index (χ0v) is 12.5. The van der Waals surface area contributed by atoms with Crippen molar-refractivity contribution < 1.29 is 8.78 Å². The van der Waals surface area contributed by atoms with Gasteiger partial charge in [-0.25, -0.2) is 13.8 Å². The maximum atomic E-state index is 14.0. The third-order valence-electron chi connectivity index (χ3n) is 3.52. The Morgan fingerprint density at radius 3 is 2.71 bits per heavy atom. The van der Waals surface area contributed by atoms with Gasteiger partial charge in [0, 0.05) is 30.6 Å². The second-order valence-corrected chi connectivity index (χ2v) is 5.07. The fourth-order valence-electron chi connectivity index (χ4n) is 2.34. The van der Waals surface area contributed by atoms with E-state index in [1.54, 1.807) is 20.0 Å². The molecule has 4 nitrogen and oxygen atoms in total. The van der Waals surface area contributed by atoms with Crippen LogP contribution in [0.1, 0.15) is 36.3 Å². The Hall–Kier alpha value is -1.82. The van der Waals surface area contributed by atoms with Crippen LogP contribution in [0.4, 0.5) is 8.78 Å². The number of aromatic nitrogens is 3. The van der Waals surface area contributed by atoms with Crippen molar-refractivity contribution in [3.05, 3.63) is 47.0 Å². The molecule has 1 atom stereocenters. The quantitative estimate of drug-likeness (QED) is 0.891. The van der Waals surface area contributed by atoms with Crippen LogP contribution in [0.3, 0.4) is 0 Å². The van der Waals surface area contributed by atoms with Crippen LogP contribution in [0.5, 0.6) is 0 Å². The lowest BCUT2D eigenvalue weighted by Crippen LogP contribution is -2.22. The Morgan fingerprint density at radius 2 is 2.05 bits per heavy atom.